The summed E-state index contributed by atoms with van der Waals surface area (Å²) in [5.41, 5.74) is 1.61. The number of rotatable bonds is 2. The molecular weight excluding hydrogens is 164 g/mol. The van der Waals surface area contributed by atoms with E-state index in [1.807, 2.05) is 6.07 Å². The van der Waals surface area contributed by atoms with Crippen LogP contribution in [0.1, 0.15) is 35.8 Å². The molecule has 1 rings (SSSR count). The Morgan fingerprint density at radius 3 is 2.54 bits per heavy atom. The summed E-state index contributed by atoms with van der Waals surface area (Å²) in [7, 11) is 1.61. The van der Waals surface area contributed by atoms with E-state index in [0.717, 1.165) is 5.69 Å². The van der Waals surface area contributed by atoms with Crippen LogP contribution in [0.15, 0.2) is 18.3 Å². The predicted molar refractivity (Wildman–Crippen MR) is 51.7 cm³/mol. The van der Waals surface area contributed by atoms with Crippen LogP contribution in [0.2, 0.25) is 0 Å². The summed E-state index contributed by atoms with van der Waals surface area (Å²) in [4.78, 5) is 15.3. The summed E-state index contributed by atoms with van der Waals surface area (Å²) in [5, 5.41) is 2.55. The van der Waals surface area contributed by atoms with Gasteiger partial charge in [0.15, 0.2) is 0 Å². The van der Waals surface area contributed by atoms with Crippen LogP contribution in [0.3, 0.4) is 0 Å². The number of amides is 1. The number of aromatic nitrogens is 1. The van der Waals surface area contributed by atoms with Gasteiger partial charge in [-0.15, -0.1) is 0 Å². The third-order valence-electron chi connectivity index (χ3n) is 1.87. The second-order valence-electron chi connectivity index (χ2n) is 3.21. The molecule has 1 amide bonds. The van der Waals surface area contributed by atoms with Crippen molar-refractivity contribution in [3.8, 4) is 0 Å². The van der Waals surface area contributed by atoms with Gasteiger partial charge in [0, 0.05) is 18.9 Å². The molecule has 3 nitrogen and oxygen atoms in total. The van der Waals surface area contributed by atoms with Gasteiger partial charge in [-0.3, -0.25) is 9.78 Å². The zero-order valence-electron chi connectivity index (χ0n) is 8.16. The average Bonchev–Trinajstić information content (AvgIpc) is 2.17. The third-order valence-corrected chi connectivity index (χ3v) is 1.87. The standard InChI is InChI=1S/C10H14N2O/c1-7(2)9-5-4-8(6-12-9)10(13)11-3/h4-7H,1-3H3,(H,11,13). The van der Waals surface area contributed by atoms with Crippen LogP contribution in [0, 0.1) is 0 Å². The molecule has 0 aliphatic heterocycles. The van der Waals surface area contributed by atoms with Crippen LogP contribution in [0.25, 0.3) is 0 Å². The third kappa shape index (κ3) is 2.28. The van der Waals surface area contributed by atoms with Crippen molar-refractivity contribution >= 4 is 5.91 Å². The maximum Gasteiger partial charge on any atom is 0.252 e. The summed E-state index contributed by atoms with van der Waals surface area (Å²) in [6.45, 7) is 4.14. The molecule has 13 heavy (non-hydrogen) atoms. The van der Waals surface area contributed by atoms with Gasteiger partial charge in [0.2, 0.25) is 0 Å². The van der Waals surface area contributed by atoms with Crippen LogP contribution < -0.4 is 5.32 Å². The molecule has 0 radical (unpaired) electrons. The molecule has 3 heteroatoms. The van der Waals surface area contributed by atoms with Crippen molar-refractivity contribution in [1.82, 2.24) is 10.3 Å². The molecule has 70 valence electrons. The fraction of sp³-hybridized carbons (Fsp3) is 0.400. The molecule has 0 saturated carbocycles. The van der Waals surface area contributed by atoms with Crippen molar-refractivity contribution in [2.75, 3.05) is 7.05 Å². The highest BCUT2D eigenvalue weighted by Crippen LogP contribution is 2.10. The highest BCUT2D eigenvalue weighted by Gasteiger charge is 2.04. The van der Waals surface area contributed by atoms with E-state index in [9.17, 15) is 4.79 Å². The van der Waals surface area contributed by atoms with Crippen LogP contribution in [0.4, 0.5) is 0 Å². The van der Waals surface area contributed by atoms with Crippen molar-refractivity contribution in [2.45, 2.75) is 19.8 Å². The number of carbonyl (C=O) groups is 1. The minimum atomic E-state index is -0.0946. The van der Waals surface area contributed by atoms with E-state index in [0.29, 0.717) is 11.5 Å². The van der Waals surface area contributed by atoms with Crippen molar-refractivity contribution < 1.29 is 4.79 Å². The SMILES string of the molecule is CNC(=O)c1ccc(C(C)C)nc1. The van der Waals surface area contributed by atoms with Crippen LogP contribution in [-0.2, 0) is 0 Å². The van der Waals surface area contributed by atoms with Gasteiger partial charge in [0.25, 0.3) is 5.91 Å². The zero-order chi connectivity index (χ0) is 9.84. The Balaban J connectivity index is 2.87. The smallest absolute Gasteiger partial charge is 0.252 e. The lowest BCUT2D eigenvalue weighted by molar-refractivity contribution is 0.0962. The molecule has 0 aliphatic rings. The van der Waals surface area contributed by atoms with Gasteiger partial charge in [-0.1, -0.05) is 13.8 Å². The fourth-order valence-corrected chi connectivity index (χ4v) is 1.03. The summed E-state index contributed by atoms with van der Waals surface area (Å²) >= 11 is 0. The van der Waals surface area contributed by atoms with Crippen molar-refractivity contribution in [2.24, 2.45) is 0 Å². The Hall–Kier alpha value is -1.38. The van der Waals surface area contributed by atoms with Crippen molar-refractivity contribution in [1.29, 1.82) is 0 Å². The van der Waals surface area contributed by atoms with Crippen molar-refractivity contribution in [3.05, 3.63) is 29.6 Å². The minimum absolute atomic E-state index is 0.0946. The topological polar surface area (TPSA) is 42.0 Å². The lowest BCUT2D eigenvalue weighted by Gasteiger charge is -2.04. The maximum absolute atomic E-state index is 11.1. The van der Waals surface area contributed by atoms with Crippen LogP contribution >= 0.6 is 0 Å². The molecule has 0 aliphatic carbocycles. The van der Waals surface area contributed by atoms with Crippen molar-refractivity contribution in [3.63, 3.8) is 0 Å². The van der Waals surface area contributed by atoms with Gasteiger partial charge in [-0.05, 0) is 18.1 Å². The number of hydrogen-bond donors (Lipinski definition) is 1. The molecule has 0 aromatic carbocycles. The Labute approximate surface area is 78.2 Å². The minimum Gasteiger partial charge on any atom is -0.355 e. The largest absolute Gasteiger partial charge is 0.355 e. The molecule has 1 aromatic heterocycles. The van der Waals surface area contributed by atoms with Gasteiger partial charge in [0.05, 0.1) is 5.56 Å². The highest BCUT2D eigenvalue weighted by molar-refractivity contribution is 5.93. The lowest BCUT2D eigenvalue weighted by atomic mass is 10.1. The molecule has 1 aromatic rings. The van der Waals surface area contributed by atoms with E-state index in [-0.39, 0.29) is 5.91 Å². The molecule has 1 heterocycles. The van der Waals surface area contributed by atoms with Gasteiger partial charge in [-0.25, -0.2) is 0 Å². The van der Waals surface area contributed by atoms with E-state index < -0.39 is 0 Å². The van der Waals surface area contributed by atoms with Gasteiger partial charge >= 0.3 is 0 Å². The summed E-state index contributed by atoms with van der Waals surface area (Å²) in [6, 6.07) is 3.68. The Bertz CT molecular complexity index is 290. The van der Waals surface area contributed by atoms with Gasteiger partial charge < -0.3 is 5.32 Å². The molecule has 0 saturated heterocycles. The summed E-state index contributed by atoms with van der Waals surface area (Å²) in [5.74, 6) is 0.307. The molecule has 0 fully saturated rings. The first-order valence-corrected chi connectivity index (χ1v) is 4.33. The Morgan fingerprint density at radius 2 is 2.15 bits per heavy atom. The first kappa shape index (κ1) is 9.71. The van der Waals surface area contributed by atoms with E-state index >= 15 is 0 Å². The molecule has 0 bridgehead atoms. The fourth-order valence-electron chi connectivity index (χ4n) is 1.03. The average molecular weight is 178 g/mol. The maximum atomic E-state index is 11.1. The van der Waals surface area contributed by atoms with Crippen LogP contribution in [-0.4, -0.2) is 17.9 Å². The first-order chi connectivity index (χ1) is 6.15. The van der Waals surface area contributed by atoms with Gasteiger partial charge in [-0.2, -0.15) is 0 Å². The number of carbonyl (C=O) groups excluding carboxylic acids is 1. The summed E-state index contributed by atoms with van der Waals surface area (Å²) < 4.78 is 0. The molecule has 0 unspecified atom stereocenters. The quantitative estimate of drug-likeness (QED) is 0.746. The molecular formula is C10H14N2O. The first-order valence-electron chi connectivity index (χ1n) is 4.33. The number of pyridine rings is 1. The van der Waals surface area contributed by atoms with Crippen LogP contribution in [0.5, 0.6) is 0 Å². The Morgan fingerprint density at radius 1 is 1.46 bits per heavy atom. The van der Waals surface area contributed by atoms with E-state index in [4.69, 9.17) is 0 Å². The number of nitrogens with zero attached hydrogens (tertiary/aromatic N) is 1. The lowest BCUT2D eigenvalue weighted by Crippen LogP contribution is -2.18. The predicted octanol–water partition coefficient (Wildman–Crippen LogP) is 1.56. The molecule has 1 N–H and O–H groups in total. The Kier molecular flexibility index (Phi) is 3.01. The van der Waals surface area contributed by atoms with E-state index in [2.05, 4.69) is 24.1 Å². The zero-order valence-corrected chi connectivity index (χ0v) is 8.16. The van der Waals surface area contributed by atoms with E-state index in [1.54, 1.807) is 19.3 Å². The van der Waals surface area contributed by atoms with Gasteiger partial charge in [0.1, 0.15) is 0 Å². The highest BCUT2D eigenvalue weighted by atomic mass is 16.1. The summed E-state index contributed by atoms with van der Waals surface area (Å²) in [6.07, 6.45) is 1.61. The second kappa shape index (κ2) is 4.03. The second-order valence-corrected chi connectivity index (χ2v) is 3.21. The normalized spacial score (nSPS) is 10.2. The number of nitrogens with one attached hydrogen (secondary N) is 1. The van der Waals surface area contributed by atoms with E-state index in [1.165, 1.54) is 0 Å². The molecule has 0 spiro atoms. The molecule has 0 atom stereocenters. The number of hydrogen-bond acceptors (Lipinski definition) is 2. The monoisotopic (exact) mass is 178 g/mol.